The van der Waals surface area contributed by atoms with E-state index in [2.05, 4.69) is 20.5 Å². The molecule has 1 aromatic carbocycles. The van der Waals surface area contributed by atoms with E-state index in [1.165, 1.54) is 0 Å². The van der Waals surface area contributed by atoms with Gasteiger partial charge in [0.25, 0.3) is 0 Å². The van der Waals surface area contributed by atoms with E-state index >= 15 is 0 Å². The summed E-state index contributed by atoms with van der Waals surface area (Å²) in [7, 11) is 0. The van der Waals surface area contributed by atoms with Crippen molar-refractivity contribution >= 4 is 28.4 Å². The van der Waals surface area contributed by atoms with Gasteiger partial charge in [-0.1, -0.05) is 6.07 Å². The van der Waals surface area contributed by atoms with Crippen molar-refractivity contribution < 1.29 is 9.59 Å². The Kier molecular flexibility index (Phi) is 4.12. The predicted molar refractivity (Wildman–Crippen MR) is 97.2 cm³/mol. The molecule has 7 nitrogen and oxygen atoms in total. The molecule has 0 aliphatic carbocycles. The quantitative estimate of drug-likeness (QED) is 0.756. The van der Waals surface area contributed by atoms with Gasteiger partial charge < -0.3 is 10.2 Å². The minimum atomic E-state index is -0.358. The zero-order valence-corrected chi connectivity index (χ0v) is 14.4. The Bertz CT molecular complexity index is 966. The summed E-state index contributed by atoms with van der Waals surface area (Å²) in [5.41, 5.74) is 3.30. The van der Waals surface area contributed by atoms with Crippen LogP contribution < -0.4 is 5.32 Å². The molecule has 4 rings (SSSR count). The molecule has 1 aliphatic heterocycles. The molecule has 0 spiro atoms. The molecule has 3 aromatic rings. The number of amides is 2. The Morgan fingerprint density at radius 1 is 1.35 bits per heavy atom. The summed E-state index contributed by atoms with van der Waals surface area (Å²) in [5.74, 6) is -0.523. The number of carbonyl (C=O) groups excluding carboxylic acids is 2. The van der Waals surface area contributed by atoms with Crippen molar-refractivity contribution in [2.45, 2.75) is 19.9 Å². The van der Waals surface area contributed by atoms with Crippen LogP contribution in [0.25, 0.3) is 10.9 Å². The zero-order valence-electron chi connectivity index (χ0n) is 14.4. The van der Waals surface area contributed by atoms with Crippen LogP contribution in [-0.4, -0.2) is 38.4 Å². The zero-order chi connectivity index (χ0) is 18.1. The first-order valence-electron chi connectivity index (χ1n) is 8.53. The van der Waals surface area contributed by atoms with Crippen molar-refractivity contribution in [3.63, 3.8) is 0 Å². The maximum atomic E-state index is 12.6. The van der Waals surface area contributed by atoms with Gasteiger partial charge >= 0.3 is 0 Å². The lowest BCUT2D eigenvalue weighted by atomic mass is 10.1. The molecule has 3 heterocycles. The SMILES string of the molecule is Cc1[nH]nc2cc(NC(=O)C3CC(=O)N(Cc4ccccn4)C3)ccc12. The topological polar surface area (TPSA) is 91.0 Å². The fourth-order valence-corrected chi connectivity index (χ4v) is 3.26. The molecule has 7 heteroatoms. The van der Waals surface area contributed by atoms with Crippen LogP contribution >= 0.6 is 0 Å². The summed E-state index contributed by atoms with van der Waals surface area (Å²) in [6.45, 7) is 2.79. The van der Waals surface area contributed by atoms with Crippen LogP contribution in [0.5, 0.6) is 0 Å². The Balaban J connectivity index is 1.42. The van der Waals surface area contributed by atoms with Gasteiger partial charge in [-0.3, -0.25) is 19.7 Å². The standard InChI is InChI=1S/C19H19N5O2/c1-12-16-6-5-14(9-17(16)23-22-12)21-19(26)13-8-18(25)24(10-13)11-15-4-2-3-7-20-15/h2-7,9,13H,8,10-11H2,1H3,(H,21,26)(H,22,23). The third kappa shape index (κ3) is 3.15. The first-order valence-corrected chi connectivity index (χ1v) is 8.53. The van der Waals surface area contributed by atoms with E-state index in [1.807, 2.05) is 43.3 Å². The van der Waals surface area contributed by atoms with Gasteiger partial charge in [-0.2, -0.15) is 5.10 Å². The number of aryl methyl sites for hydroxylation is 1. The third-order valence-corrected chi connectivity index (χ3v) is 4.68. The average Bonchev–Trinajstić information content (AvgIpc) is 3.19. The van der Waals surface area contributed by atoms with Gasteiger partial charge in [0.2, 0.25) is 11.8 Å². The van der Waals surface area contributed by atoms with Crippen LogP contribution in [0.2, 0.25) is 0 Å². The van der Waals surface area contributed by atoms with Crippen LogP contribution in [0.1, 0.15) is 17.8 Å². The number of hydrogen-bond acceptors (Lipinski definition) is 4. The highest BCUT2D eigenvalue weighted by atomic mass is 16.2. The molecule has 2 aromatic heterocycles. The first-order chi connectivity index (χ1) is 12.6. The Morgan fingerprint density at radius 3 is 3.04 bits per heavy atom. The van der Waals surface area contributed by atoms with E-state index < -0.39 is 0 Å². The minimum absolute atomic E-state index is 0.0193. The Hall–Kier alpha value is -3.22. The van der Waals surface area contributed by atoms with E-state index in [0.717, 1.165) is 22.3 Å². The largest absolute Gasteiger partial charge is 0.336 e. The molecule has 0 bridgehead atoms. The number of likely N-dealkylation sites (tertiary alicyclic amines) is 1. The fourth-order valence-electron chi connectivity index (χ4n) is 3.26. The summed E-state index contributed by atoms with van der Waals surface area (Å²) < 4.78 is 0. The van der Waals surface area contributed by atoms with Crippen molar-refractivity contribution in [3.05, 3.63) is 54.0 Å². The number of hydrogen-bond donors (Lipinski definition) is 2. The molecular formula is C19H19N5O2. The van der Waals surface area contributed by atoms with Gasteiger partial charge in [-0.25, -0.2) is 0 Å². The van der Waals surface area contributed by atoms with Crippen LogP contribution in [0.15, 0.2) is 42.6 Å². The van der Waals surface area contributed by atoms with Crippen molar-refractivity contribution in [2.24, 2.45) is 5.92 Å². The number of pyridine rings is 1. The molecule has 2 amide bonds. The van der Waals surface area contributed by atoms with Gasteiger partial charge in [0.05, 0.1) is 23.7 Å². The van der Waals surface area contributed by atoms with Crippen molar-refractivity contribution in [3.8, 4) is 0 Å². The number of rotatable bonds is 4. The molecule has 1 unspecified atom stereocenters. The summed E-state index contributed by atoms with van der Waals surface area (Å²) in [6.07, 6.45) is 1.93. The number of carbonyl (C=O) groups is 2. The van der Waals surface area contributed by atoms with Crippen LogP contribution in [0, 0.1) is 12.8 Å². The van der Waals surface area contributed by atoms with Gasteiger partial charge in [-0.05, 0) is 37.3 Å². The monoisotopic (exact) mass is 349 g/mol. The van der Waals surface area contributed by atoms with Crippen molar-refractivity contribution in [1.29, 1.82) is 0 Å². The van der Waals surface area contributed by atoms with Crippen molar-refractivity contribution in [2.75, 3.05) is 11.9 Å². The van der Waals surface area contributed by atoms with Crippen molar-refractivity contribution in [1.82, 2.24) is 20.1 Å². The molecule has 132 valence electrons. The molecular weight excluding hydrogens is 330 g/mol. The van der Waals surface area contributed by atoms with Gasteiger partial charge in [0, 0.05) is 35.9 Å². The maximum absolute atomic E-state index is 12.6. The summed E-state index contributed by atoms with van der Waals surface area (Å²) >= 11 is 0. The predicted octanol–water partition coefficient (Wildman–Crippen LogP) is 2.25. The highest BCUT2D eigenvalue weighted by Crippen LogP contribution is 2.23. The van der Waals surface area contributed by atoms with E-state index in [1.54, 1.807) is 11.1 Å². The molecule has 1 aliphatic rings. The number of nitrogens with zero attached hydrogens (tertiary/aromatic N) is 3. The number of anilines is 1. The summed E-state index contributed by atoms with van der Waals surface area (Å²) in [5, 5.41) is 11.1. The fraction of sp³-hybridized carbons (Fsp3) is 0.263. The number of fused-ring (bicyclic) bond motifs is 1. The van der Waals surface area contributed by atoms with E-state index in [9.17, 15) is 9.59 Å². The number of benzene rings is 1. The average molecular weight is 349 g/mol. The lowest BCUT2D eigenvalue weighted by molar-refractivity contribution is -0.128. The smallest absolute Gasteiger partial charge is 0.229 e. The van der Waals surface area contributed by atoms with Crippen LogP contribution in [-0.2, 0) is 16.1 Å². The molecule has 2 N–H and O–H groups in total. The number of nitrogens with one attached hydrogen (secondary N) is 2. The third-order valence-electron chi connectivity index (χ3n) is 4.68. The summed E-state index contributed by atoms with van der Waals surface area (Å²) in [4.78, 5) is 30.7. The molecule has 0 saturated carbocycles. The number of H-pyrrole nitrogens is 1. The molecule has 26 heavy (non-hydrogen) atoms. The minimum Gasteiger partial charge on any atom is -0.336 e. The van der Waals surface area contributed by atoms with Gasteiger partial charge in [0.15, 0.2) is 0 Å². The van der Waals surface area contributed by atoms with E-state index in [4.69, 9.17) is 0 Å². The second kappa shape index (κ2) is 6.59. The lowest BCUT2D eigenvalue weighted by Gasteiger charge is -2.16. The van der Waals surface area contributed by atoms with Crippen LogP contribution in [0.4, 0.5) is 5.69 Å². The van der Waals surface area contributed by atoms with E-state index in [0.29, 0.717) is 18.8 Å². The van der Waals surface area contributed by atoms with Gasteiger partial charge in [0.1, 0.15) is 0 Å². The summed E-state index contributed by atoms with van der Waals surface area (Å²) in [6, 6.07) is 11.2. The van der Waals surface area contributed by atoms with Gasteiger partial charge in [-0.15, -0.1) is 0 Å². The second-order valence-electron chi connectivity index (χ2n) is 6.57. The first kappa shape index (κ1) is 16.3. The Labute approximate surface area is 150 Å². The Morgan fingerprint density at radius 2 is 2.23 bits per heavy atom. The number of aromatic nitrogens is 3. The molecule has 1 atom stereocenters. The highest BCUT2D eigenvalue weighted by Gasteiger charge is 2.34. The molecule has 0 radical (unpaired) electrons. The molecule has 1 saturated heterocycles. The molecule has 1 fully saturated rings. The maximum Gasteiger partial charge on any atom is 0.229 e. The van der Waals surface area contributed by atoms with E-state index in [-0.39, 0.29) is 24.2 Å². The second-order valence-corrected chi connectivity index (χ2v) is 6.57. The lowest BCUT2D eigenvalue weighted by Crippen LogP contribution is -2.28. The highest BCUT2D eigenvalue weighted by molar-refractivity contribution is 5.98. The van der Waals surface area contributed by atoms with Crippen LogP contribution in [0.3, 0.4) is 0 Å². The number of aromatic amines is 1. The normalized spacial score (nSPS) is 17.0.